The van der Waals surface area contributed by atoms with Crippen molar-refractivity contribution in [1.82, 2.24) is 0 Å². The molecule has 3 aliphatic rings. The van der Waals surface area contributed by atoms with E-state index in [1.54, 1.807) is 0 Å². The van der Waals surface area contributed by atoms with Crippen LogP contribution in [0.3, 0.4) is 0 Å². The van der Waals surface area contributed by atoms with Crippen molar-refractivity contribution in [3.8, 4) is 0 Å². The minimum atomic E-state index is 0.417. The lowest BCUT2D eigenvalue weighted by atomic mass is 9.62. The maximum absolute atomic E-state index is 10.9. The van der Waals surface area contributed by atoms with Crippen LogP contribution in [0.4, 0.5) is 0 Å². The summed E-state index contributed by atoms with van der Waals surface area (Å²) in [4.78, 5) is 10.9. The van der Waals surface area contributed by atoms with Crippen LogP contribution in [0.5, 0.6) is 0 Å². The van der Waals surface area contributed by atoms with Crippen LogP contribution in [0.25, 0.3) is 0 Å². The molecule has 0 aliphatic heterocycles. The molecule has 15 heavy (non-hydrogen) atoms. The van der Waals surface area contributed by atoms with Crippen molar-refractivity contribution >= 4 is 6.29 Å². The van der Waals surface area contributed by atoms with Crippen molar-refractivity contribution in [3.63, 3.8) is 0 Å². The van der Waals surface area contributed by atoms with Crippen LogP contribution in [0.15, 0.2) is 0 Å². The molecule has 3 saturated carbocycles. The van der Waals surface area contributed by atoms with Crippen molar-refractivity contribution < 1.29 is 4.79 Å². The maximum Gasteiger partial charge on any atom is 0.123 e. The van der Waals surface area contributed by atoms with Gasteiger partial charge >= 0.3 is 0 Å². The van der Waals surface area contributed by atoms with Crippen LogP contribution in [-0.4, -0.2) is 6.29 Å². The molecular weight excluding hydrogens is 184 g/mol. The summed E-state index contributed by atoms with van der Waals surface area (Å²) in [6.45, 7) is 0. The summed E-state index contributed by atoms with van der Waals surface area (Å²) in [7, 11) is 0. The quantitative estimate of drug-likeness (QED) is 0.601. The maximum atomic E-state index is 10.9. The SMILES string of the molecule is O=CC1CC2CCC3CCCCC3C2C1. The van der Waals surface area contributed by atoms with E-state index < -0.39 is 0 Å². The van der Waals surface area contributed by atoms with E-state index in [9.17, 15) is 4.79 Å². The second-order valence-electron chi connectivity index (χ2n) is 6.08. The summed E-state index contributed by atoms with van der Waals surface area (Å²) in [5, 5.41) is 0. The molecule has 0 heterocycles. The Morgan fingerprint density at radius 1 is 0.800 bits per heavy atom. The molecule has 84 valence electrons. The van der Waals surface area contributed by atoms with Crippen molar-refractivity contribution in [2.45, 2.75) is 51.4 Å². The van der Waals surface area contributed by atoms with Crippen molar-refractivity contribution in [2.75, 3.05) is 0 Å². The smallest absolute Gasteiger partial charge is 0.123 e. The van der Waals surface area contributed by atoms with E-state index >= 15 is 0 Å². The fraction of sp³-hybridized carbons (Fsp3) is 0.929. The molecule has 1 heteroatoms. The van der Waals surface area contributed by atoms with Crippen molar-refractivity contribution in [2.24, 2.45) is 29.6 Å². The summed E-state index contributed by atoms with van der Waals surface area (Å²) >= 11 is 0. The highest BCUT2D eigenvalue weighted by atomic mass is 16.1. The molecule has 1 nitrogen and oxygen atoms in total. The molecule has 0 saturated heterocycles. The molecule has 0 radical (unpaired) electrons. The summed E-state index contributed by atoms with van der Waals surface area (Å²) in [6.07, 6.45) is 12.5. The predicted molar refractivity (Wildman–Crippen MR) is 60.5 cm³/mol. The Bertz CT molecular complexity index is 248. The number of hydrogen-bond acceptors (Lipinski definition) is 1. The van der Waals surface area contributed by atoms with E-state index in [1.165, 1.54) is 57.7 Å². The average molecular weight is 206 g/mol. The molecule has 3 aliphatic carbocycles. The van der Waals surface area contributed by atoms with Gasteiger partial charge in [-0.1, -0.05) is 19.3 Å². The molecule has 0 aromatic heterocycles. The van der Waals surface area contributed by atoms with Crippen LogP contribution in [-0.2, 0) is 4.79 Å². The number of rotatable bonds is 1. The third kappa shape index (κ3) is 1.64. The van der Waals surface area contributed by atoms with Gasteiger partial charge in [0, 0.05) is 5.92 Å². The fourth-order valence-corrected chi connectivity index (χ4v) is 4.76. The molecule has 0 aromatic rings. The van der Waals surface area contributed by atoms with Gasteiger partial charge in [-0.15, -0.1) is 0 Å². The molecule has 3 fully saturated rings. The van der Waals surface area contributed by atoms with E-state index in [4.69, 9.17) is 0 Å². The Balaban J connectivity index is 1.75. The zero-order chi connectivity index (χ0) is 10.3. The largest absolute Gasteiger partial charge is 0.303 e. The molecule has 0 amide bonds. The van der Waals surface area contributed by atoms with Gasteiger partial charge in [0.05, 0.1) is 0 Å². The molecule has 5 atom stereocenters. The molecular formula is C14H22O. The highest BCUT2D eigenvalue weighted by molar-refractivity contribution is 5.54. The minimum Gasteiger partial charge on any atom is -0.303 e. The summed E-state index contributed by atoms with van der Waals surface area (Å²) < 4.78 is 0. The van der Waals surface area contributed by atoms with E-state index in [-0.39, 0.29) is 0 Å². The summed E-state index contributed by atoms with van der Waals surface area (Å²) in [5.74, 6) is 4.30. The van der Waals surface area contributed by atoms with Gasteiger partial charge in [-0.05, 0) is 55.8 Å². The number of carbonyl (C=O) groups is 1. The van der Waals surface area contributed by atoms with E-state index in [1.807, 2.05) is 0 Å². The van der Waals surface area contributed by atoms with Crippen LogP contribution in [0.2, 0.25) is 0 Å². The minimum absolute atomic E-state index is 0.417. The zero-order valence-electron chi connectivity index (χ0n) is 9.53. The van der Waals surface area contributed by atoms with E-state index in [0.717, 1.165) is 23.7 Å². The van der Waals surface area contributed by atoms with Gasteiger partial charge < -0.3 is 4.79 Å². The first kappa shape index (κ1) is 9.86. The van der Waals surface area contributed by atoms with Gasteiger partial charge in [0.2, 0.25) is 0 Å². The third-order valence-electron chi connectivity index (χ3n) is 5.40. The Morgan fingerprint density at radius 3 is 2.47 bits per heavy atom. The number of hydrogen-bond donors (Lipinski definition) is 0. The first-order valence-corrected chi connectivity index (χ1v) is 6.84. The molecule has 0 bridgehead atoms. The van der Waals surface area contributed by atoms with Gasteiger partial charge in [0.15, 0.2) is 0 Å². The Kier molecular flexibility index (Phi) is 2.58. The fourth-order valence-electron chi connectivity index (χ4n) is 4.76. The van der Waals surface area contributed by atoms with Crippen molar-refractivity contribution in [3.05, 3.63) is 0 Å². The standard InChI is InChI=1S/C14H22O/c15-9-10-7-12-6-5-11-3-1-2-4-13(11)14(12)8-10/h9-14H,1-8H2. The van der Waals surface area contributed by atoms with Crippen molar-refractivity contribution in [1.29, 1.82) is 0 Å². The molecule has 3 rings (SSSR count). The molecule has 0 N–H and O–H groups in total. The Hall–Kier alpha value is -0.330. The van der Waals surface area contributed by atoms with Gasteiger partial charge in [-0.2, -0.15) is 0 Å². The third-order valence-corrected chi connectivity index (χ3v) is 5.40. The first-order valence-electron chi connectivity index (χ1n) is 6.84. The number of aldehydes is 1. The highest BCUT2D eigenvalue weighted by Crippen LogP contribution is 2.53. The number of fused-ring (bicyclic) bond motifs is 3. The molecule has 0 aromatic carbocycles. The second kappa shape index (κ2) is 3.92. The van der Waals surface area contributed by atoms with Gasteiger partial charge in [0.1, 0.15) is 6.29 Å². The first-order chi connectivity index (χ1) is 7.38. The van der Waals surface area contributed by atoms with E-state index in [0.29, 0.717) is 5.92 Å². The topological polar surface area (TPSA) is 17.1 Å². The van der Waals surface area contributed by atoms with E-state index in [2.05, 4.69) is 0 Å². The lowest BCUT2D eigenvalue weighted by molar-refractivity contribution is -0.111. The van der Waals surface area contributed by atoms with Crippen LogP contribution >= 0.6 is 0 Å². The van der Waals surface area contributed by atoms with Gasteiger partial charge in [-0.3, -0.25) is 0 Å². The number of carbonyl (C=O) groups excluding carboxylic acids is 1. The second-order valence-corrected chi connectivity index (χ2v) is 6.08. The summed E-state index contributed by atoms with van der Waals surface area (Å²) in [6, 6.07) is 0. The van der Waals surface area contributed by atoms with Crippen LogP contribution < -0.4 is 0 Å². The predicted octanol–water partition coefficient (Wildman–Crippen LogP) is 3.43. The zero-order valence-corrected chi connectivity index (χ0v) is 9.53. The Morgan fingerprint density at radius 2 is 1.60 bits per heavy atom. The van der Waals surface area contributed by atoms with Crippen LogP contribution in [0.1, 0.15) is 51.4 Å². The average Bonchev–Trinajstić information content (AvgIpc) is 2.72. The monoisotopic (exact) mass is 206 g/mol. The lowest BCUT2D eigenvalue weighted by Gasteiger charge is -2.43. The van der Waals surface area contributed by atoms with Gasteiger partial charge in [0.25, 0.3) is 0 Å². The van der Waals surface area contributed by atoms with Gasteiger partial charge in [-0.25, -0.2) is 0 Å². The summed E-state index contributed by atoms with van der Waals surface area (Å²) in [5.41, 5.74) is 0. The normalized spacial score (nSPS) is 49.5. The lowest BCUT2D eigenvalue weighted by Crippen LogP contribution is -2.33. The molecule has 0 spiro atoms. The highest BCUT2D eigenvalue weighted by Gasteiger charge is 2.45. The Labute approximate surface area is 92.6 Å². The molecule has 5 unspecified atom stereocenters. The van der Waals surface area contributed by atoms with Crippen LogP contribution in [0, 0.1) is 29.6 Å².